The van der Waals surface area contributed by atoms with Crippen LogP contribution in [0.25, 0.3) is 0 Å². The summed E-state index contributed by atoms with van der Waals surface area (Å²) in [6, 6.07) is 3.51. The molecule has 1 aromatic carbocycles. The van der Waals surface area contributed by atoms with E-state index in [2.05, 4.69) is 0 Å². The molecule has 1 aliphatic carbocycles. The Kier molecular flexibility index (Phi) is 6.36. The number of ether oxygens (including phenoxy) is 3. The molecule has 128 valence electrons. The van der Waals surface area contributed by atoms with Gasteiger partial charge < -0.3 is 24.2 Å². The minimum atomic E-state index is -0.929. The number of nitrogens with zero attached hydrogens (tertiary/aromatic N) is 1. The second-order valence-corrected chi connectivity index (χ2v) is 5.84. The molecule has 0 atom stereocenters. The van der Waals surface area contributed by atoms with Gasteiger partial charge in [0.1, 0.15) is 0 Å². The molecule has 0 radical (unpaired) electrons. The van der Waals surface area contributed by atoms with Crippen molar-refractivity contribution in [2.45, 2.75) is 31.8 Å². The second kappa shape index (κ2) is 8.26. The van der Waals surface area contributed by atoms with Gasteiger partial charge in [-0.25, -0.2) is 4.79 Å². The zero-order chi connectivity index (χ0) is 16.8. The molecule has 1 saturated carbocycles. The number of amides is 1. The van der Waals surface area contributed by atoms with Gasteiger partial charge in [-0.2, -0.15) is 0 Å². The largest absolute Gasteiger partial charge is 0.493 e. The molecule has 23 heavy (non-hydrogen) atoms. The van der Waals surface area contributed by atoms with E-state index in [1.54, 1.807) is 26.4 Å². The number of hydrogen-bond donors (Lipinski definition) is 1. The lowest BCUT2D eigenvalue weighted by molar-refractivity contribution is 0.139. The second-order valence-electron chi connectivity index (χ2n) is 5.43. The maximum absolute atomic E-state index is 11.4. The summed E-state index contributed by atoms with van der Waals surface area (Å²) in [7, 11) is 3.18. The highest BCUT2D eigenvalue weighted by atomic mass is 35.5. The van der Waals surface area contributed by atoms with E-state index in [0.717, 1.165) is 19.3 Å². The topological polar surface area (TPSA) is 68.2 Å². The third-order valence-corrected chi connectivity index (χ3v) is 4.01. The van der Waals surface area contributed by atoms with E-state index in [9.17, 15) is 9.90 Å². The summed E-state index contributed by atoms with van der Waals surface area (Å²) < 4.78 is 16.0. The average molecular weight is 344 g/mol. The molecule has 0 bridgehead atoms. The molecule has 7 heteroatoms. The first-order valence-electron chi connectivity index (χ1n) is 7.54. The number of hydrogen-bond acceptors (Lipinski definition) is 4. The minimum absolute atomic E-state index is 0.0942. The number of halogens is 1. The van der Waals surface area contributed by atoms with Crippen LogP contribution in [0, 0.1) is 0 Å². The van der Waals surface area contributed by atoms with Crippen LogP contribution >= 0.6 is 11.6 Å². The van der Waals surface area contributed by atoms with Gasteiger partial charge in [0.2, 0.25) is 0 Å². The summed E-state index contributed by atoms with van der Waals surface area (Å²) in [6.07, 6.45) is 1.63. The minimum Gasteiger partial charge on any atom is -0.493 e. The van der Waals surface area contributed by atoms with Crippen molar-refractivity contribution in [1.82, 2.24) is 4.90 Å². The number of rotatable bonds is 9. The molecule has 1 amide bonds. The number of methoxy groups -OCH3 is 2. The highest BCUT2D eigenvalue weighted by Crippen LogP contribution is 2.36. The van der Waals surface area contributed by atoms with Crippen LogP contribution in [0.1, 0.15) is 24.8 Å². The smallest absolute Gasteiger partial charge is 0.407 e. The molecule has 1 aliphatic rings. The lowest BCUT2D eigenvalue weighted by atomic mass is 10.2. The van der Waals surface area contributed by atoms with E-state index in [0.29, 0.717) is 35.3 Å². The molecule has 1 aromatic rings. The SMILES string of the molecule is COCCCOc1cc(CN(C(=O)O)C2CC2)c(Cl)cc1OC. The molecule has 0 spiro atoms. The van der Waals surface area contributed by atoms with Crippen molar-refractivity contribution in [3.05, 3.63) is 22.7 Å². The summed E-state index contributed by atoms with van der Waals surface area (Å²) in [5.74, 6) is 1.09. The van der Waals surface area contributed by atoms with Gasteiger partial charge in [-0.1, -0.05) is 11.6 Å². The zero-order valence-electron chi connectivity index (χ0n) is 13.4. The molecule has 0 heterocycles. The van der Waals surface area contributed by atoms with Gasteiger partial charge in [-0.05, 0) is 24.5 Å². The standard InChI is InChI=1S/C16H22ClNO5/c1-21-6-3-7-23-15-8-11(13(17)9-14(15)22-2)10-18(16(19)20)12-4-5-12/h8-9,12H,3-7,10H2,1-2H3,(H,19,20). The van der Waals surface area contributed by atoms with Crippen LogP contribution in [0.15, 0.2) is 12.1 Å². The summed E-state index contributed by atoms with van der Waals surface area (Å²) >= 11 is 6.26. The molecular weight excluding hydrogens is 322 g/mol. The van der Waals surface area contributed by atoms with Crippen LogP contribution in [-0.4, -0.2) is 49.6 Å². The van der Waals surface area contributed by atoms with Crippen molar-refractivity contribution in [2.75, 3.05) is 27.4 Å². The van der Waals surface area contributed by atoms with Crippen LogP contribution in [0.3, 0.4) is 0 Å². The number of benzene rings is 1. The molecule has 1 N–H and O–H groups in total. The maximum Gasteiger partial charge on any atom is 0.407 e. The van der Waals surface area contributed by atoms with E-state index >= 15 is 0 Å². The lowest BCUT2D eigenvalue weighted by Crippen LogP contribution is -2.31. The molecule has 6 nitrogen and oxygen atoms in total. The molecule has 1 fully saturated rings. The van der Waals surface area contributed by atoms with E-state index in [-0.39, 0.29) is 12.6 Å². The fraction of sp³-hybridized carbons (Fsp3) is 0.562. The fourth-order valence-electron chi connectivity index (χ4n) is 2.28. The molecule has 2 rings (SSSR count). The van der Waals surface area contributed by atoms with Crippen molar-refractivity contribution in [3.8, 4) is 11.5 Å². The molecule has 0 saturated heterocycles. The number of carboxylic acid groups (broad SMARTS) is 1. The van der Waals surface area contributed by atoms with Gasteiger partial charge in [0.15, 0.2) is 11.5 Å². The Morgan fingerprint density at radius 1 is 1.30 bits per heavy atom. The predicted molar refractivity (Wildman–Crippen MR) is 86.6 cm³/mol. The number of carbonyl (C=O) groups is 1. The van der Waals surface area contributed by atoms with Gasteiger partial charge in [0.25, 0.3) is 0 Å². The Hall–Kier alpha value is -1.66. The molecule has 0 unspecified atom stereocenters. The summed E-state index contributed by atoms with van der Waals surface area (Å²) in [6.45, 7) is 1.34. The van der Waals surface area contributed by atoms with Crippen LogP contribution in [0.4, 0.5) is 4.79 Å². The van der Waals surface area contributed by atoms with E-state index in [4.69, 9.17) is 25.8 Å². The predicted octanol–water partition coefficient (Wildman–Crippen LogP) is 3.41. The normalized spacial score (nSPS) is 13.7. The molecular formula is C16H22ClNO5. The Balaban J connectivity index is 2.13. The third-order valence-electron chi connectivity index (χ3n) is 3.66. The first-order chi connectivity index (χ1) is 11.1. The van der Waals surface area contributed by atoms with Crippen LogP contribution < -0.4 is 9.47 Å². The summed E-state index contributed by atoms with van der Waals surface area (Å²) in [4.78, 5) is 12.8. The maximum atomic E-state index is 11.4. The average Bonchev–Trinajstić information content (AvgIpc) is 3.35. The highest BCUT2D eigenvalue weighted by Gasteiger charge is 2.33. The lowest BCUT2D eigenvalue weighted by Gasteiger charge is -2.20. The van der Waals surface area contributed by atoms with Crippen molar-refractivity contribution < 1.29 is 24.1 Å². The zero-order valence-corrected chi connectivity index (χ0v) is 14.1. The summed E-state index contributed by atoms with van der Waals surface area (Å²) in [5.41, 5.74) is 0.712. The monoisotopic (exact) mass is 343 g/mol. The van der Waals surface area contributed by atoms with Crippen molar-refractivity contribution in [3.63, 3.8) is 0 Å². The van der Waals surface area contributed by atoms with Gasteiger partial charge in [-0.15, -0.1) is 0 Å². The van der Waals surface area contributed by atoms with Gasteiger partial charge in [-0.3, -0.25) is 0 Å². The summed E-state index contributed by atoms with van der Waals surface area (Å²) in [5, 5.41) is 9.79. The Labute approximate surface area is 140 Å². The fourth-order valence-corrected chi connectivity index (χ4v) is 2.49. The van der Waals surface area contributed by atoms with E-state index in [1.807, 2.05) is 0 Å². The van der Waals surface area contributed by atoms with Crippen molar-refractivity contribution in [2.24, 2.45) is 0 Å². The first-order valence-corrected chi connectivity index (χ1v) is 7.92. The van der Waals surface area contributed by atoms with E-state index < -0.39 is 6.09 Å². The Bertz CT molecular complexity index is 548. The third kappa shape index (κ3) is 4.91. The van der Waals surface area contributed by atoms with Gasteiger partial charge in [0.05, 0.1) is 20.3 Å². The van der Waals surface area contributed by atoms with Gasteiger partial charge in [0, 0.05) is 37.3 Å². The van der Waals surface area contributed by atoms with Crippen LogP contribution in [-0.2, 0) is 11.3 Å². The van der Waals surface area contributed by atoms with Gasteiger partial charge >= 0.3 is 6.09 Å². The van der Waals surface area contributed by atoms with Crippen molar-refractivity contribution in [1.29, 1.82) is 0 Å². The van der Waals surface area contributed by atoms with Crippen LogP contribution in [0.2, 0.25) is 5.02 Å². The highest BCUT2D eigenvalue weighted by molar-refractivity contribution is 6.31. The quantitative estimate of drug-likeness (QED) is 0.696. The van der Waals surface area contributed by atoms with Crippen molar-refractivity contribution >= 4 is 17.7 Å². The van der Waals surface area contributed by atoms with Crippen LogP contribution in [0.5, 0.6) is 11.5 Å². The Morgan fingerprint density at radius 2 is 2.04 bits per heavy atom. The molecule has 0 aromatic heterocycles. The van der Waals surface area contributed by atoms with E-state index in [1.165, 1.54) is 4.90 Å². The molecule has 0 aliphatic heterocycles. The Morgan fingerprint density at radius 3 is 2.61 bits per heavy atom. The first kappa shape index (κ1) is 17.7.